The van der Waals surface area contributed by atoms with Crippen molar-refractivity contribution < 1.29 is 46.1 Å². The van der Waals surface area contributed by atoms with Crippen LogP contribution in [0.15, 0.2) is 101 Å². The molecule has 0 aliphatic heterocycles. The first-order valence-electron chi connectivity index (χ1n) is 11.7. The second kappa shape index (κ2) is 11.3. The van der Waals surface area contributed by atoms with Gasteiger partial charge in [0.2, 0.25) is 0 Å². The minimum atomic E-state index is -2.39. The van der Waals surface area contributed by atoms with Crippen LogP contribution in [0.1, 0.15) is 52.2 Å². The van der Waals surface area contributed by atoms with Crippen molar-refractivity contribution in [2.24, 2.45) is 5.92 Å². The summed E-state index contributed by atoms with van der Waals surface area (Å²) in [6.45, 7) is 15.1. The van der Waals surface area contributed by atoms with Crippen LogP contribution in [0.25, 0.3) is 23.3 Å². The molecule has 0 N–H and O–H groups in total. The Kier molecular flexibility index (Phi) is 8.92. The molecule has 0 spiro atoms. The average Bonchev–Trinajstić information content (AvgIpc) is 3.35. The van der Waals surface area contributed by atoms with Gasteiger partial charge in [-0.3, -0.25) is 0 Å². The van der Waals surface area contributed by atoms with Gasteiger partial charge in [0.1, 0.15) is 0 Å². The zero-order valence-electron chi connectivity index (χ0n) is 20.5. The number of fused-ring (bicyclic) bond motifs is 3. The molecule has 2 aliphatic rings. The van der Waals surface area contributed by atoms with Crippen LogP contribution in [0.2, 0.25) is 0 Å². The number of hydrogen-bond donors (Lipinski definition) is 0. The molecule has 0 fully saturated rings. The zero-order chi connectivity index (χ0) is 23.1. The third-order valence-electron chi connectivity index (χ3n) is 7.14. The third kappa shape index (κ3) is 4.97. The van der Waals surface area contributed by atoms with Gasteiger partial charge in [0.15, 0.2) is 0 Å². The molecule has 1 unspecified atom stereocenters. The predicted octanol–water partition coefficient (Wildman–Crippen LogP) is 2.39. The molecule has 0 bridgehead atoms. The van der Waals surface area contributed by atoms with Gasteiger partial charge in [-0.05, 0) is 0 Å². The normalized spacial score (nSPS) is 16.1. The van der Waals surface area contributed by atoms with Crippen LogP contribution in [0.5, 0.6) is 0 Å². The molecule has 3 heteroatoms. The minimum absolute atomic E-state index is 0. The van der Waals surface area contributed by atoms with Crippen LogP contribution >= 0.6 is 0 Å². The Hall–Kier alpha value is -2.05. The van der Waals surface area contributed by atoms with E-state index in [0.717, 1.165) is 0 Å². The first-order valence-corrected chi connectivity index (χ1v) is 15.6. The fraction of sp³-hybridized carbons (Fsp3) is 0.156. The molecule has 0 aromatic heterocycles. The largest absolute Gasteiger partial charge is 1.00 e. The van der Waals surface area contributed by atoms with E-state index in [1.54, 1.807) is 6.49 Å². The van der Waals surface area contributed by atoms with Crippen molar-refractivity contribution in [3.05, 3.63) is 129 Å². The van der Waals surface area contributed by atoms with E-state index in [2.05, 4.69) is 113 Å². The van der Waals surface area contributed by atoms with Crippen molar-refractivity contribution in [1.82, 2.24) is 0 Å². The Morgan fingerprint density at radius 3 is 1.83 bits per heavy atom. The fourth-order valence-electron chi connectivity index (χ4n) is 5.53. The number of rotatable bonds is 5. The summed E-state index contributed by atoms with van der Waals surface area (Å²) in [5, 5.41) is 0. The second-order valence-corrected chi connectivity index (χ2v) is 16.0. The summed E-state index contributed by atoms with van der Waals surface area (Å²) >= 11 is -2.39. The maximum Gasteiger partial charge on any atom is -1.00 e. The number of benzene rings is 3. The van der Waals surface area contributed by atoms with Crippen molar-refractivity contribution >= 4 is 15.4 Å². The number of allylic oxidation sites excluding steroid dienone is 4. The van der Waals surface area contributed by atoms with Crippen LogP contribution in [-0.2, 0) is 21.3 Å². The van der Waals surface area contributed by atoms with Gasteiger partial charge < -0.3 is 24.8 Å². The van der Waals surface area contributed by atoms with Gasteiger partial charge in [0.25, 0.3) is 0 Å². The van der Waals surface area contributed by atoms with Gasteiger partial charge in [-0.25, -0.2) is 0 Å². The molecule has 0 nitrogen and oxygen atoms in total. The third-order valence-corrected chi connectivity index (χ3v) is 15.8. The maximum atomic E-state index is 4.03. The van der Waals surface area contributed by atoms with Crippen LogP contribution in [0.3, 0.4) is 0 Å². The molecule has 0 saturated carbocycles. The molecule has 3 aromatic carbocycles. The summed E-state index contributed by atoms with van der Waals surface area (Å²) in [5.41, 5.74) is 11.0. The quantitative estimate of drug-likeness (QED) is 0.438. The Labute approximate surface area is 230 Å². The van der Waals surface area contributed by atoms with Crippen molar-refractivity contribution in [3.8, 4) is 11.1 Å². The average molecular weight is 577 g/mol. The van der Waals surface area contributed by atoms with Gasteiger partial charge in [0, 0.05) is 0 Å². The molecule has 0 heterocycles. The molecule has 176 valence electrons. The van der Waals surface area contributed by atoms with Gasteiger partial charge >= 0.3 is 207 Å². The molecular weight excluding hydrogens is 546 g/mol. The van der Waals surface area contributed by atoms with E-state index >= 15 is 0 Å². The first-order chi connectivity index (χ1) is 16.0. The molecule has 0 amide bonds. The number of halogens is 2. The molecule has 3 aromatic rings. The van der Waals surface area contributed by atoms with Gasteiger partial charge in [-0.1, -0.05) is 0 Å². The summed E-state index contributed by atoms with van der Waals surface area (Å²) in [6, 6.07) is 25.0. The monoisotopic (exact) mass is 574 g/mol. The second-order valence-electron chi connectivity index (χ2n) is 9.24. The van der Waals surface area contributed by atoms with E-state index in [-0.39, 0.29) is 24.8 Å². The molecule has 5 rings (SSSR count). The maximum absolute atomic E-state index is 4.03. The van der Waals surface area contributed by atoms with Gasteiger partial charge in [0.05, 0.1) is 0 Å². The van der Waals surface area contributed by atoms with E-state index in [4.69, 9.17) is 0 Å². The van der Waals surface area contributed by atoms with Gasteiger partial charge in [-0.15, -0.1) is 0 Å². The zero-order valence-corrected chi connectivity index (χ0v) is 24.5. The topological polar surface area (TPSA) is 0 Å². The Morgan fingerprint density at radius 1 is 0.829 bits per heavy atom. The summed E-state index contributed by atoms with van der Waals surface area (Å²) in [6.07, 6.45) is 8.88. The Bertz CT molecular complexity index is 1320. The summed E-state index contributed by atoms with van der Waals surface area (Å²) in [4.78, 5) is 0. The molecule has 1 atom stereocenters. The van der Waals surface area contributed by atoms with E-state index < -0.39 is 21.3 Å². The minimum Gasteiger partial charge on any atom is -1.00 e. The van der Waals surface area contributed by atoms with Crippen molar-refractivity contribution in [2.75, 3.05) is 0 Å². The smallest absolute Gasteiger partial charge is 1.00 e. The van der Waals surface area contributed by atoms with Crippen LogP contribution in [0.4, 0.5) is 0 Å². The van der Waals surface area contributed by atoms with E-state index in [0.29, 0.717) is 9.54 Å². The van der Waals surface area contributed by atoms with E-state index in [1.165, 1.54) is 44.5 Å². The fourth-order valence-corrected chi connectivity index (χ4v) is 14.8. The van der Waals surface area contributed by atoms with E-state index in [9.17, 15) is 0 Å². The Morgan fingerprint density at radius 2 is 1.37 bits per heavy atom. The van der Waals surface area contributed by atoms with E-state index in [1.807, 2.05) is 12.2 Å². The standard InChI is InChI=1S/C17H13.C8H8.C7H9.2ClH.Zr/c1-3-12-5-7-14-11-15-8-6-13(4-2)10-17(15)16(14)9-12;1-2-8-6-4-3-5-7-8;1-6-3-4-7(2)5-6;;;/h3-11H,1-2H2;3-7H,1H3;3,5,7H,1-2H3;2*1H;/q;;;;;+2/p-2. The van der Waals surface area contributed by atoms with Crippen LogP contribution in [0, 0.1) is 5.92 Å². The molecule has 0 saturated heterocycles. The van der Waals surface area contributed by atoms with Crippen LogP contribution in [-0.4, -0.2) is 3.21 Å². The first kappa shape index (κ1) is 27.5. The summed E-state index contributed by atoms with van der Waals surface area (Å²) < 4.78 is 3.81. The summed E-state index contributed by atoms with van der Waals surface area (Å²) in [5.74, 6) is 0.519. The molecule has 2 aliphatic carbocycles. The molecule has 0 radical (unpaired) electrons. The summed E-state index contributed by atoms with van der Waals surface area (Å²) in [7, 11) is 0. The SMILES string of the molecule is C=Cc1ccc2c(c1)-c1cc(C=C)ccc1[CH]2/[Zr+2]([C]1=CC(C)=CC1C)=[C](\C)c1ccccc1.[Cl-].[Cl-]. The van der Waals surface area contributed by atoms with Crippen molar-refractivity contribution in [3.63, 3.8) is 0 Å². The van der Waals surface area contributed by atoms with Gasteiger partial charge in [-0.2, -0.15) is 0 Å². The molecule has 35 heavy (non-hydrogen) atoms. The molecular formula is C32H30Cl2Zr. The van der Waals surface area contributed by atoms with Crippen LogP contribution < -0.4 is 24.8 Å². The Balaban J connectivity index is 0.00000171. The number of hydrogen-bond acceptors (Lipinski definition) is 0. The van der Waals surface area contributed by atoms with Crippen molar-refractivity contribution in [1.29, 1.82) is 0 Å². The van der Waals surface area contributed by atoms with Crippen molar-refractivity contribution in [2.45, 2.75) is 24.4 Å². The predicted molar refractivity (Wildman–Crippen MR) is 141 cm³/mol.